The number of piperazine rings is 1. The lowest BCUT2D eigenvalue weighted by Crippen LogP contribution is -2.52. The van der Waals surface area contributed by atoms with Crippen molar-refractivity contribution in [3.63, 3.8) is 0 Å². The molecule has 2 aromatic rings. The quantitative estimate of drug-likeness (QED) is 0.771. The van der Waals surface area contributed by atoms with Crippen LogP contribution in [0.2, 0.25) is 0 Å². The Morgan fingerprint density at radius 3 is 2.41 bits per heavy atom. The number of amides is 2. The lowest BCUT2D eigenvalue weighted by Gasteiger charge is -2.35. The van der Waals surface area contributed by atoms with Crippen molar-refractivity contribution in [2.24, 2.45) is 0 Å². The van der Waals surface area contributed by atoms with E-state index in [2.05, 4.69) is 0 Å². The monoisotopic (exact) mass is 414 g/mol. The van der Waals surface area contributed by atoms with E-state index in [1.807, 2.05) is 47.1 Å². The van der Waals surface area contributed by atoms with Crippen LogP contribution in [0.3, 0.4) is 0 Å². The van der Waals surface area contributed by atoms with Gasteiger partial charge in [0.05, 0.1) is 12.0 Å². The summed E-state index contributed by atoms with van der Waals surface area (Å²) in [6, 6.07) is 9.86. The predicted octanol–water partition coefficient (Wildman–Crippen LogP) is 3.20. The average Bonchev–Trinajstić information content (AvgIpc) is 3.43. The van der Waals surface area contributed by atoms with Gasteiger partial charge in [0.2, 0.25) is 0 Å². The van der Waals surface area contributed by atoms with Gasteiger partial charge >= 0.3 is 0 Å². The van der Waals surface area contributed by atoms with Crippen molar-refractivity contribution >= 4 is 23.2 Å². The van der Waals surface area contributed by atoms with Crippen LogP contribution in [-0.4, -0.2) is 67.6 Å². The third-order valence-electron chi connectivity index (χ3n) is 5.61. The van der Waals surface area contributed by atoms with Crippen molar-refractivity contribution in [3.05, 3.63) is 40.1 Å². The number of aryl methyl sites for hydroxylation is 1. The van der Waals surface area contributed by atoms with E-state index in [0.717, 1.165) is 39.5 Å². The minimum atomic E-state index is -0.288. The van der Waals surface area contributed by atoms with Gasteiger partial charge in [-0.2, -0.15) is 0 Å². The molecule has 2 saturated heterocycles. The molecule has 3 heterocycles. The average molecular weight is 415 g/mol. The Kier molecular flexibility index (Phi) is 5.87. The number of benzene rings is 1. The molecule has 6 nitrogen and oxygen atoms in total. The van der Waals surface area contributed by atoms with Crippen molar-refractivity contribution < 1.29 is 19.1 Å². The Bertz CT molecular complexity index is 879. The van der Waals surface area contributed by atoms with Crippen molar-refractivity contribution in [3.8, 4) is 16.9 Å². The number of thiophene rings is 1. The number of ether oxygens (including phenoxy) is 2. The van der Waals surface area contributed by atoms with Gasteiger partial charge in [-0.15, -0.1) is 11.3 Å². The second kappa shape index (κ2) is 8.55. The van der Waals surface area contributed by atoms with Gasteiger partial charge in [0.1, 0.15) is 11.9 Å². The van der Waals surface area contributed by atoms with Crippen LogP contribution < -0.4 is 4.74 Å². The first kappa shape index (κ1) is 19.9. The SMILES string of the molecule is COc1ccc(-c2cc(C(=O)N3CCN(C(=O)C4CCCO4)CC3)sc2C)cc1. The van der Waals surface area contributed by atoms with E-state index >= 15 is 0 Å². The second-order valence-electron chi connectivity index (χ2n) is 7.43. The molecule has 0 N–H and O–H groups in total. The van der Waals surface area contributed by atoms with Gasteiger partial charge in [-0.3, -0.25) is 9.59 Å². The smallest absolute Gasteiger partial charge is 0.264 e. The zero-order valence-corrected chi connectivity index (χ0v) is 17.7. The van der Waals surface area contributed by atoms with Crippen molar-refractivity contribution in [1.82, 2.24) is 9.80 Å². The van der Waals surface area contributed by atoms with Crippen molar-refractivity contribution in [2.45, 2.75) is 25.9 Å². The maximum atomic E-state index is 13.0. The van der Waals surface area contributed by atoms with Crippen LogP contribution in [-0.2, 0) is 9.53 Å². The maximum Gasteiger partial charge on any atom is 0.264 e. The maximum absolute atomic E-state index is 13.0. The van der Waals surface area contributed by atoms with Crippen LogP contribution in [0.15, 0.2) is 30.3 Å². The van der Waals surface area contributed by atoms with E-state index < -0.39 is 0 Å². The van der Waals surface area contributed by atoms with Crippen LogP contribution in [0.4, 0.5) is 0 Å². The van der Waals surface area contributed by atoms with Gasteiger partial charge < -0.3 is 19.3 Å². The van der Waals surface area contributed by atoms with Crippen LogP contribution in [0.1, 0.15) is 27.4 Å². The molecule has 2 aliphatic heterocycles. The third kappa shape index (κ3) is 4.16. The van der Waals surface area contributed by atoms with Crippen molar-refractivity contribution in [1.29, 1.82) is 0 Å². The van der Waals surface area contributed by atoms with Crippen LogP contribution in [0.25, 0.3) is 11.1 Å². The molecule has 7 heteroatoms. The zero-order chi connectivity index (χ0) is 20.4. The highest BCUT2D eigenvalue weighted by molar-refractivity contribution is 7.14. The fourth-order valence-corrected chi connectivity index (χ4v) is 4.92. The van der Waals surface area contributed by atoms with E-state index in [0.29, 0.717) is 32.8 Å². The number of carbonyl (C=O) groups is 2. The minimum absolute atomic E-state index is 0.0436. The molecular formula is C22H26N2O4S. The number of nitrogens with zero attached hydrogens (tertiary/aromatic N) is 2. The first-order chi connectivity index (χ1) is 14.1. The molecule has 2 fully saturated rings. The molecule has 0 bridgehead atoms. The summed E-state index contributed by atoms with van der Waals surface area (Å²) in [6.07, 6.45) is 1.47. The molecule has 0 saturated carbocycles. The standard InChI is InChI=1S/C22H26N2O4S/c1-15-18(16-5-7-17(27-2)8-6-16)14-20(29-15)22(26)24-11-9-23(10-12-24)21(25)19-4-3-13-28-19/h5-8,14,19H,3-4,9-13H2,1-2H3. The Labute approximate surface area is 175 Å². The van der Waals surface area contributed by atoms with Gasteiger partial charge in [0, 0.05) is 37.7 Å². The number of methoxy groups -OCH3 is 1. The summed E-state index contributed by atoms with van der Waals surface area (Å²) in [5.41, 5.74) is 2.15. The molecule has 0 spiro atoms. The number of hydrogen-bond donors (Lipinski definition) is 0. The summed E-state index contributed by atoms with van der Waals surface area (Å²) >= 11 is 1.53. The molecule has 1 aromatic carbocycles. The van der Waals surface area contributed by atoms with E-state index in [9.17, 15) is 9.59 Å². The first-order valence-electron chi connectivity index (χ1n) is 10.0. The molecule has 0 aliphatic carbocycles. The topological polar surface area (TPSA) is 59.1 Å². The third-order valence-corrected chi connectivity index (χ3v) is 6.65. The normalized spacial score (nSPS) is 19.4. The lowest BCUT2D eigenvalue weighted by atomic mass is 10.1. The van der Waals surface area contributed by atoms with Gasteiger partial charge in [-0.05, 0) is 49.1 Å². The van der Waals surface area contributed by atoms with Crippen LogP contribution >= 0.6 is 11.3 Å². The van der Waals surface area contributed by atoms with E-state index in [1.54, 1.807) is 7.11 Å². The Morgan fingerprint density at radius 2 is 1.79 bits per heavy atom. The molecule has 1 unspecified atom stereocenters. The molecule has 1 atom stereocenters. The molecule has 4 rings (SSSR count). The molecule has 2 aliphatic rings. The predicted molar refractivity (Wildman–Crippen MR) is 113 cm³/mol. The van der Waals surface area contributed by atoms with Crippen LogP contribution in [0, 0.1) is 6.92 Å². The fourth-order valence-electron chi connectivity index (χ4n) is 3.91. The Morgan fingerprint density at radius 1 is 1.10 bits per heavy atom. The summed E-state index contributed by atoms with van der Waals surface area (Å²) in [7, 11) is 1.65. The molecule has 29 heavy (non-hydrogen) atoms. The van der Waals surface area contributed by atoms with Crippen LogP contribution in [0.5, 0.6) is 5.75 Å². The van der Waals surface area contributed by atoms with Gasteiger partial charge in [0.15, 0.2) is 0 Å². The molecule has 2 amide bonds. The Balaban J connectivity index is 1.40. The molecule has 0 radical (unpaired) electrons. The van der Waals surface area contributed by atoms with Gasteiger partial charge in [0.25, 0.3) is 11.8 Å². The summed E-state index contributed by atoms with van der Waals surface area (Å²) in [6.45, 7) is 4.97. The minimum Gasteiger partial charge on any atom is -0.497 e. The van der Waals surface area contributed by atoms with Crippen molar-refractivity contribution in [2.75, 3.05) is 39.9 Å². The fraction of sp³-hybridized carbons (Fsp3) is 0.455. The Hall–Kier alpha value is -2.38. The van der Waals surface area contributed by atoms with E-state index in [-0.39, 0.29) is 17.9 Å². The highest BCUT2D eigenvalue weighted by Crippen LogP contribution is 2.32. The summed E-state index contributed by atoms with van der Waals surface area (Å²) in [4.78, 5) is 31.1. The summed E-state index contributed by atoms with van der Waals surface area (Å²) in [5.74, 6) is 0.929. The summed E-state index contributed by atoms with van der Waals surface area (Å²) < 4.78 is 10.7. The molecule has 1 aromatic heterocycles. The number of carbonyl (C=O) groups excluding carboxylic acids is 2. The highest BCUT2D eigenvalue weighted by atomic mass is 32.1. The highest BCUT2D eigenvalue weighted by Gasteiger charge is 2.32. The first-order valence-corrected chi connectivity index (χ1v) is 10.8. The molecular weight excluding hydrogens is 388 g/mol. The van der Waals surface area contributed by atoms with Gasteiger partial charge in [-0.1, -0.05) is 12.1 Å². The summed E-state index contributed by atoms with van der Waals surface area (Å²) in [5, 5.41) is 0. The second-order valence-corrected chi connectivity index (χ2v) is 8.68. The zero-order valence-electron chi connectivity index (χ0n) is 16.8. The number of hydrogen-bond acceptors (Lipinski definition) is 5. The van der Waals surface area contributed by atoms with E-state index in [1.165, 1.54) is 11.3 Å². The lowest BCUT2D eigenvalue weighted by molar-refractivity contribution is -0.142. The largest absolute Gasteiger partial charge is 0.497 e. The molecule has 154 valence electrons. The number of rotatable bonds is 4. The van der Waals surface area contributed by atoms with Gasteiger partial charge in [-0.25, -0.2) is 0 Å². The van der Waals surface area contributed by atoms with E-state index in [4.69, 9.17) is 9.47 Å².